The molecule has 3 N–H and O–H groups in total. The average molecular weight is 362 g/mol. The molecule has 1 rings (SSSR count). The molecule has 6 nitrogen and oxygen atoms in total. The van der Waals surface area contributed by atoms with Gasteiger partial charge in [-0.1, -0.05) is 13.8 Å². The molecule has 0 saturated heterocycles. The first-order chi connectivity index (χ1) is 10.5. The minimum atomic E-state index is -0.436. The molecule has 0 aliphatic heterocycles. The number of rotatable bonds is 9. The number of nitrogens with two attached hydrogens (primary N) is 1. The van der Waals surface area contributed by atoms with Gasteiger partial charge < -0.3 is 11.1 Å². The Morgan fingerprint density at radius 3 is 2.70 bits per heavy atom. The van der Waals surface area contributed by atoms with E-state index in [1.165, 1.54) is 17.8 Å². The van der Waals surface area contributed by atoms with Crippen molar-refractivity contribution in [2.75, 3.05) is 18.8 Å². The highest BCUT2D eigenvalue weighted by Gasteiger charge is 2.17. The maximum absolute atomic E-state index is 11.9. The first-order valence-corrected chi connectivity index (χ1v) is 8.33. The van der Waals surface area contributed by atoms with E-state index in [4.69, 9.17) is 5.73 Å². The van der Waals surface area contributed by atoms with Crippen molar-refractivity contribution in [1.29, 1.82) is 0 Å². The van der Waals surface area contributed by atoms with Gasteiger partial charge >= 0.3 is 0 Å². The van der Waals surface area contributed by atoms with Crippen LogP contribution in [-0.4, -0.2) is 29.7 Å². The van der Waals surface area contributed by atoms with E-state index in [-0.39, 0.29) is 24.0 Å². The molecule has 0 atom stereocenters. The van der Waals surface area contributed by atoms with Gasteiger partial charge in [0, 0.05) is 18.2 Å². The van der Waals surface area contributed by atoms with E-state index in [1.54, 1.807) is 12.1 Å². The summed E-state index contributed by atoms with van der Waals surface area (Å²) in [4.78, 5) is 23.3. The predicted molar refractivity (Wildman–Crippen MR) is 96.5 cm³/mol. The fraction of sp³-hybridized carbons (Fsp3) is 0.533. The minimum Gasteiger partial charge on any atom is -0.352 e. The summed E-state index contributed by atoms with van der Waals surface area (Å²) < 4.78 is 0. The molecule has 0 fully saturated rings. The number of halogens is 1. The Hall–Kier alpha value is -1.31. The number of carbonyl (C=O) groups is 1. The third kappa shape index (κ3) is 7.67. The second-order valence-corrected chi connectivity index (χ2v) is 6.51. The molecule has 130 valence electrons. The van der Waals surface area contributed by atoms with Gasteiger partial charge in [0.15, 0.2) is 0 Å². The van der Waals surface area contributed by atoms with Crippen molar-refractivity contribution in [1.82, 2.24) is 5.32 Å². The summed E-state index contributed by atoms with van der Waals surface area (Å²) in [6, 6.07) is 4.62. The quantitative estimate of drug-likeness (QED) is 0.304. The SMILES string of the molecule is CC(C)CCSc1ccc(C(=O)NCCCN)cc1[N+](=O)[O-].Cl. The molecule has 0 unspecified atom stereocenters. The predicted octanol–water partition coefficient (Wildman–Crippen LogP) is 3.23. The Morgan fingerprint density at radius 2 is 2.13 bits per heavy atom. The molecule has 0 heterocycles. The van der Waals surface area contributed by atoms with E-state index in [9.17, 15) is 14.9 Å². The van der Waals surface area contributed by atoms with Crippen LogP contribution >= 0.6 is 24.2 Å². The van der Waals surface area contributed by atoms with Gasteiger partial charge in [0.05, 0.1) is 9.82 Å². The van der Waals surface area contributed by atoms with Crippen LogP contribution in [0.1, 0.15) is 37.0 Å². The third-order valence-electron chi connectivity index (χ3n) is 3.04. The van der Waals surface area contributed by atoms with Crippen LogP contribution < -0.4 is 11.1 Å². The monoisotopic (exact) mass is 361 g/mol. The van der Waals surface area contributed by atoms with E-state index >= 15 is 0 Å². The number of hydrogen-bond acceptors (Lipinski definition) is 5. The lowest BCUT2D eigenvalue weighted by Crippen LogP contribution is -2.26. The minimum absolute atomic E-state index is 0. The summed E-state index contributed by atoms with van der Waals surface area (Å²) in [7, 11) is 0. The highest BCUT2D eigenvalue weighted by Crippen LogP contribution is 2.31. The number of nitrogens with one attached hydrogen (secondary N) is 1. The fourth-order valence-electron chi connectivity index (χ4n) is 1.73. The number of nitro groups is 1. The Kier molecular flexibility index (Phi) is 10.6. The number of amides is 1. The number of hydrogen-bond donors (Lipinski definition) is 2. The summed E-state index contributed by atoms with van der Waals surface area (Å²) in [5.41, 5.74) is 5.65. The van der Waals surface area contributed by atoms with Crippen LogP contribution in [0.5, 0.6) is 0 Å². The van der Waals surface area contributed by atoms with Gasteiger partial charge in [0.2, 0.25) is 0 Å². The van der Waals surface area contributed by atoms with Gasteiger partial charge in [-0.05, 0) is 43.2 Å². The highest BCUT2D eigenvalue weighted by atomic mass is 35.5. The van der Waals surface area contributed by atoms with Gasteiger partial charge in [-0.15, -0.1) is 24.2 Å². The fourth-order valence-corrected chi connectivity index (χ4v) is 2.99. The standard InChI is InChI=1S/C15H23N3O3S.ClH/c1-11(2)6-9-22-14-5-4-12(10-13(14)18(20)21)15(19)17-8-3-7-16;/h4-5,10-11H,3,6-9,16H2,1-2H3,(H,17,19);1H. The molecule has 0 aliphatic carbocycles. The van der Waals surface area contributed by atoms with E-state index in [1.807, 2.05) is 0 Å². The van der Waals surface area contributed by atoms with Crippen molar-refractivity contribution < 1.29 is 9.72 Å². The smallest absolute Gasteiger partial charge is 0.283 e. The van der Waals surface area contributed by atoms with Crippen LogP contribution in [0.2, 0.25) is 0 Å². The summed E-state index contributed by atoms with van der Waals surface area (Å²) in [6.07, 6.45) is 1.67. The maximum Gasteiger partial charge on any atom is 0.283 e. The van der Waals surface area contributed by atoms with Crippen molar-refractivity contribution in [2.45, 2.75) is 31.6 Å². The van der Waals surface area contributed by atoms with Gasteiger partial charge in [-0.25, -0.2) is 0 Å². The van der Waals surface area contributed by atoms with Crippen LogP contribution in [-0.2, 0) is 0 Å². The molecule has 1 aromatic carbocycles. The Bertz CT molecular complexity index is 527. The molecule has 0 saturated carbocycles. The molecule has 0 radical (unpaired) electrons. The molecular weight excluding hydrogens is 338 g/mol. The molecule has 1 amide bonds. The zero-order chi connectivity index (χ0) is 16.5. The highest BCUT2D eigenvalue weighted by molar-refractivity contribution is 7.99. The molecule has 0 aromatic heterocycles. The molecule has 0 bridgehead atoms. The Labute approximate surface area is 147 Å². The summed E-state index contributed by atoms with van der Waals surface area (Å²) in [5, 5.41) is 13.9. The second-order valence-electron chi connectivity index (χ2n) is 5.37. The van der Waals surface area contributed by atoms with Crippen molar-refractivity contribution in [3.63, 3.8) is 0 Å². The van der Waals surface area contributed by atoms with Gasteiger partial charge in [0.1, 0.15) is 0 Å². The van der Waals surface area contributed by atoms with Gasteiger partial charge in [-0.2, -0.15) is 0 Å². The molecule has 0 spiro atoms. The number of benzene rings is 1. The Morgan fingerprint density at radius 1 is 1.43 bits per heavy atom. The molecular formula is C15H24ClN3O3S. The lowest BCUT2D eigenvalue weighted by molar-refractivity contribution is -0.387. The molecule has 8 heteroatoms. The van der Waals surface area contributed by atoms with Crippen molar-refractivity contribution in [3.05, 3.63) is 33.9 Å². The number of nitrogens with zero attached hydrogens (tertiary/aromatic N) is 1. The Balaban J connectivity index is 0.00000484. The third-order valence-corrected chi connectivity index (χ3v) is 4.13. The zero-order valence-electron chi connectivity index (χ0n) is 13.4. The topological polar surface area (TPSA) is 98.3 Å². The van der Waals surface area contributed by atoms with Crippen molar-refractivity contribution in [2.24, 2.45) is 11.7 Å². The number of carbonyl (C=O) groups excluding carboxylic acids is 1. The van der Waals surface area contributed by atoms with E-state index in [2.05, 4.69) is 19.2 Å². The molecule has 1 aromatic rings. The first kappa shape index (κ1) is 21.7. The number of nitro benzene ring substituents is 1. The van der Waals surface area contributed by atoms with E-state index in [0.29, 0.717) is 35.9 Å². The maximum atomic E-state index is 11.9. The lowest BCUT2D eigenvalue weighted by atomic mass is 10.2. The normalized spacial score (nSPS) is 10.3. The van der Waals surface area contributed by atoms with Crippen molar-refractivity contribution >= 4 is 35.8 Å². The molecule has 0 aliphatic rings. The summed E-state index contributed by atoms with van der Waals surface area (Å²) in [5.74, 6) is 1.06. The second kappa shape index (κ2) is 11.3. The van der Waals surface area contributed by atoms with Gasteiger partial charge in [-0.3, -0.25) is 14.9 Å². The molecule has 23 heavy (non-hydrogen) atoms. The van der Waals surface area contributed by atoms with E-state index in [0.717, 1.165) is 12.2 Å². The van der Waals surface area contributed by atoms with Crippen molar-refractivity contribution in [3.8, 4) is 0 Å². The van der Waals surface area contributed by atoms with Crippen LogP contribution in [0.4, 0.5) is 5.69 Å². The van der Waals surface area contributed by atoms with Gasteiger partial charge in [0.25, 0.3) is 11.6 Å². The van der Waals surface area contributed by atoms with Crippen LogP contribution in [0, 0.1) is 16.0 Å². The summed E-state index contributed by atoms with van der Waals surface area (Å²) >= 11 is 1.46. The lowest BCUT2D eigenvalue weighted by Gasteiger charge is -2.08. The first-order valence-electron chi connectivity index (χ1n) is 7.35. The zero-order valence-corrected chi connectivity index (χ0v) is 15.0. The average Bonchev–Trinajstić information content (AvgIpc) is 2.47. The van der Waals surface area contributed by atoms with E-state index < -0.39 is 4.92 Å². The van der Waals surface area contributed by atoms with Crippen LogP contribution in [0.25, 0.3) is 0 Å². The van der Waals surface area contributed by atoms with Crippen LogP contribution in [0.3, 0.4) is 0 Å². The van der Waals surface area contributed by atoms with Crippen LogP contribution in [0.15, 0.2) is 23.1 Å². The number of thioether (sulfide) groups is 1. The largest absolute Gasteiger partial charge is 0.352 e. The summed E-state index contributed by atoms with van der Waals surface area (Å²) in [6.45, 7) is 5.19.